The Hall–Kier alpha value is -1.35. The molecule has 0 radical (unpaired) electrons. The minimum absolute atomic E-state index is 0.0694. The molecule has 0 aromatic heterocycles. The van der Waals surface area contributed by atoms with E-state index in [0.29, 0.717) is 12.3 Å². The van der Waals surface area contributed by atoms with Crippen LogP contribution < -0.4 is 10.6 Å². The molecule has 1 aliphatic heterocycles. The van der Waals surface area contributed by atoms with Crippen LogP contribution in [0.5, 0.6) is 0 Å². The van der Waals surface area contributed by atoms with Gasteiger partial charge < -0.3 is 10.6 Å². The van der Waals surface area contributed by atoms with Gasteiger partial charge >= 0.3 is 0 Å². The number of anilines is 1. The van der Waals surface area contributed by atoms with Crippen molar-refractivity contribution in [1.29, 1.82) is 0 Å². The van der Waals surface area contributed by atoms with Gasteiger partial charge in [-0.2, -0.15) is 0 Å². The fourth-order valence-electron chi connectivity index (χ4n) is 2.73. The summed E-state index contributed by atoms with van der Waals surface area (Å²) in [5, 5.41) is 0. The van der Waals surface area contributed by atoms with Gasteiger partial charge in [-0.1, -0.05) is 18.2 Å². The number of rotatable bonds is 2. The molecule has 1 aliphatic carbocycles. The fraction of sp³-hybridized carbons (Fsp3) is 0.533. The largest absolute Gasteiger partial charge is 0.324 e. The third-order valence-electron chi connectivity index (χ3n) is 3.99. The van der Waals surface area contributed by atoms with Crippen molar-refractivity contribution in [3.05, 3.63) is 29.8 Å². The number of para-hydroxylation sites is 1. The molecular formula is C15H20N2O. The van der Waals surface area contributed by atoms with Crippen LogP contribution in [0.15, 0.2) is 24.3 Å². The van der Waals surface area contributed by atoms with Crippen molar-refractivity contribution in [3.63, 3.8) is 0 Å². The summed E-state index contributed by atoms with van der Waals surface area (Å²) in [5.41, 5.74) is 8.34. The molecule has 1 atom stereocenters. The normalized spacial score (nSPS) is 23.4. The monoisotopic (exact) mass is 244 g/mol. The van der Waals surface area contributed by atoms with E-state index in [4.69, 9.17) is 5.73 Å². The zero-order valence-corrected chi connectivity index (χ0v) is 10.6. The first-order chi connectivity index (χ1) is 8.75. The fourth-order valence-corrected chi connectivity index (χ4v) is 2.73. The second-order valence-electron chi connectivity index (χ2n) is 5.50. The average Bonchev–Trinajstić information content (AvgIpc) is 3.18. The number of carbonyl (C=O) groups excluding carboxylic acids is 1. The Labute approximate surface area is 108 Å². The molecule has 1 fully saturated rings. The molecule has 3 rings (SSSR count). The summed E-state index contributed by atoms with van der Waals surface area (Å²) in [4.78, 5) is 14.3. The van der Waals surface area contributed by atoms with Crippen LogP contribution in [-0.4, -0.2) is 12.5 Å². The van der Waals surface area contributed by atoms with E-state index in [9.17, 15) is 4.79 Å². The number of hydrogen-bond acceptors (Lipinski definition) is 2. The molecule has 18 heavy (non-hydrogen) atoms. The Morgan fingerprint density at radius 1 is 1.28 bits per heavy atom. The van der Waals surface area contributed by atoms with E-state index in [0.717, 1.165) is 30.6 Å². The lowest BCUT2D eigenvalue weighted by molar-refractivity contribution is -0.118. The van der Waals surface area contributed by atoms with Gasteiger partial charge in [0.05, 0.1) is 0 Å². The van der Waals surface area contributed by atoms with Crippen molar-refractivity contribution < 1.29 is 4.79 Å². The maximum Gasteiger partial charge on any atom is 0.227 e. The minimum Gasteiger partial charge on any atom is -0.324 e. The van der Waals surface area contributed by atoms with Crippen molar-refractivity contribution in [2.75, 3.05) is 11.4 Å². The maximum atomic E-state index is 12.4. The Bertz CT molecular complexity index is 454. The first-order valence-electron chi connectivity index (χ1n) is 6.90. The van der Waals surface area contributed by atoms with E-state index in [1.54, 1.807) is 0 Å². The standard InChI is InChI=1S/C15H20N2O/c16-13-5-3-9-17(15(18)10-11-7-8-11)14-6-2-1-4-12(13)14/h1-2,4,6,11,13H,3,5,7-10,16H2. The average molecular weight is 244 g/mol. The Morgan fingerprint density at radius 3 is 2.83 bits per heavy atom. The van der Waals surface area contributed by atoms with Crippen molar-refractivity contribution >= 4 is 11.6 Å². The lowest BCUT2D eigenvalue weighted by Gasteiger charge is -2.23. The predicted octanol–water partition coefficient (Wildman–Crippen LogP) is 2.61. The highest BCUT2D eigenvalue weighted by Crippen LogP contribution is 2.36. The topological polar surface area (TPSA) is 46.3 Å². The van der Waals surface area contributed by atoms with Crippen LogP contribution in [0, 0.1) is 5.92 Å². The molecule has 1 saturated carbocycles. The van der Waals surface area contributed by atoms with E-state index < -0.39 is 0 Å². The van der Waals surface area contributed by atoms with E-state index >= 15 is 0 Å². The van der Waals surface area contributed by atoms with Crippen LogP contribution in [0.1, 0.15) is 43.7 Å². The number of nitrogens with two attached hydrogens (primary N) is 1. The van der Waals surface area contributed by atoms with Crippen molar-refractivity contribution in [2.45, 2.75) is 38.1 Å². The Morgan fingerprint density at radius 2 is 2.06 bits per heavy atom. The van der Waals surface area contributed by atoms with Gasteiger partial charge in [-0.25, -0.2) is 0 Å². The molecule has 0 bridgehead atoms. The van der Waals surface area contributed by atoms with Crippen molar-refractivity contribution in [1.82, 2.24) is 0 Å². The highest BCUT2D eigenvalue weighted by molar-refractivity contribution is 5.94. The summed E-state index contributed by atoms with van der Waals surface area (Å²) < 4.78 is 0. The molecule has 1 unspecified atom stereocenters. The molecule has 3 heteroatoms. The molecular weight excluding hydrogens is 224 g/mol. The molecule has 0 spiro atoms. The molecule has 0 saturated heterocycles. The number of benzene rings is 1. The molecule has 1 aromatic carbocycles. The van der Waals surface area contributed by atoms with Crippen LogP contribution in [0.3, 0.4) is 0 Å². The number of amides is 1. The van der Waals surface area contributed by atoms with Gasteiger partial charge in [0.2, 0.25) is 5.91 Å². The number of hydrogen-bond donors (Lipinski definition) is 1. The summed E-state index contributed by atoms with van der Waals surface area (Å²) in [6.45, 7) is 0.816. The zero-order chi connectivity index (χ0) is 12.5. The van der Waals surface area contributed by atoms with Gasteiger partial charge in [-0.15, -0.1) is 0 Å². The lowest BCUT2D eigenvalue weighted by Crippen LogP contribution is -2.31. The summed E-state index contributed by atoms with van der Waals surface area (Å²) in [6.07, 6.45) is 5.11. The summed E-state index contributed by atoms with van der Waals surface area (Å²) >= 11 is 0. The van der Waals surface area contributed by atoms with E-state index in [-0.39, 0.29) is 11.9 Å². The molecule has 96 valence electrons. The quantitative estimate of drug-likeness (QED) is 0.869. The highest BCUT2D eigenvalue weighted by Gasteiger charge is 2.29. The minimum atomic E-state index is 0.0694. The lowest BCUT2D eigenvalue weighted by atomic mass is 10.0. The van der Waals surface area contributed by atoms with Crippen LogP contribution in [0.25, 0.3) is 0 Å². The first kappa shape index (κ1) is 11.7. The maximum absolute atomic E-state index is 12.4. The van der Waals surface area contributed by atoms with Gasteiger partial charge in [0, 0.05) is 24.7 Å². The Kier molecular flexibility index (Phi) is 3.08. The smallest absolute Gasteiger partial charge is 0.227 e. The van der Waals surface area contributed by atoms with Gasteiger partial charge in [0.25, 0.3) is 0 Å². The zero-order valence-electron chi connectivity index (χ0n) is 10.6. The molecule has 2 aliphatic rings. The van der Waals surface area contributed by atoms with Crippen molar-refractivity contribution in [3.8, 4) is 0 Å². The SMILES string of the molecule is NC1CCCN(C(=O)CC2CC2)c2ccccc21. The van der Waals surface area contributed by atoms with Crippen LogP contribution in [0.4, 0.5) is 5.69 Å². The highest BCUT2D eigenvalue weighted by atomic mass is 16.2. The van der Waals surface area contributed by atoms with Crippen LogP contribution >= 0.6 is 0 Å². The number of fused-ring (bicyclic) bond motifs is 1. The Balaban J connectivity index is 1.89. The number of nitrogens with zero attached hydrogens (tertiary/aromatic N) is 1. The van der Waals surface area contributed by atoms with Gasteiger partial charge in [-0.3, -0.25) is 4.79 Å². The molecule has 1 heterocycles. The van der Waals surface area contributed by atoms with E-state index in [1.807, 2.05) is 23.1 Å². The third-order valence-corrected chi connectivity index (χ3v) is 3.99. The van der Waals surface area contributed by atoms with Crippen LogP contribution in [0.2, 0.25) is 0 Å². The van der Waals surface area contributed by atoms with Gasteiger partial charge in [-0.05, 0) is 43.2 Å². The van der Waals surface area contributed by atoms with Crippen LogP contribution in [-0.2, 0) is 4.79 Å². The predicted molar refractivity (Wildman–Crippen MR) is 72.3 cm³/mol. The summed E-state index contributed by atoms with van der Waals surface area (Å²) in [7, 11) is 0. The summed E-state index contributed by atoms with van der Waals surface area (Å²) in [5.74, 6) is 0.917. The second kappa shape index (κ2) is 4.73. The van der Waals surface area contributed by atoms with E-state index in [2.05, 4.69) is 6.07 Å². The van der Waals surface area contributed by atoms with Gasteiger partial charge in [0.15, 0.2) is 0 Å². The third kappa shape index (κ3) is 2.27. The number of carbonyl (C=O) groups is 1. The first-order valence-corrected chi connectivity index (χ1v) is 6.90. The molecule has 1 aromatic rings. The summed E-state index contributed by atoms with van der Waals surface area (Å²) in [6, 6.07) is 8.16. The van der Waals surface area contributed by atoms with E-state index in [1.165, 1.54) is 12.8 Å². The molecule has 2 N–H and O–H groups in total. The van der Waals surface area contributed by atoms with Crippen molar-refractivity contribution in [2.24, 2.45) is 11.7 Å². The van der Waals surface area contributed by atoms with Gasteiger partial charge in [0.1, 0.15) is 0 Å². The second-order valence-corrected chi connectivity index (χ2v) is 5.50. The molecule has 3 nitrogen and oxygen atoms in total. The molecule has 1 amide bonds.